The molecule has 0 saturated carbocycles. The number of anilines is 1. The first kappa shape index (κ1) is 9.30. The van der Waals surface area contributed by atoms with Crippen molar-refractivity contribution in [3.63, 3.8) is 0 Å². The molecule has 0 saturated heterocycles. The minimum atomic E-state index is 0.294. The normalized spacial score (nSPS) is 10.4. The smallest absolute Gasteiger partial charge is 0.169 e. The van der Waals surface area contributed by atoms with Crippen molar-refractivity contribution in [2.45, 2.75) is 0 Å². The third-order valence-electron chi connectivity index (χ3n) is 1.58. The van der Waals surface area contributed by atoms with Crippen molar-refractivity contribution in [1.82, 2.24) is 10.1 Å². The maximum Gasteiger partial charge on any atom is 0.169 e. The second-order valence-electron chi connectivity index (χ2n) is 2.62. The molecule has 0 bridgehead atoms. The van der Waals surface area contributed by atoms with Gasteiger partial charge in [-0.3, -0.25) is 0 Å². The van der Waals surface area contributed by atoms with Gasteiger partial charge in [-0.15, -0.1) is 0 Å². The van der Waals surface area contributed by atoms with Gasteiger partial charge in [-0.2, -0.15) is 0 Å². The van der Waals surface area contributed by atoms with Gasteiger partial charge in [0.05, 0.1) is 0 Å². The monoisotopic (exact) mass is 229 g/mol. The second-order valence-corrected chi connectivity index (χ2v) is 3.39. The van der Waals surface area contributed by atoms with Gasteiger partial charge in [-0.1, -0.05) is 28.4 Å². The van der Waals surface area contributed by atoms with Crippen molar-refractivity contribution >= 4 is 29.0 Å². The van der Waals surface area contributed by atoms with Gasteiger partial charge in [0.15, 0.2) is 11.6 Å². The highest BCUT2D eigenvalue weighted by Gasteiger charge is 2.07. The number of nitrogens with two attached hydrogens (primary N) is 1. The summed E-state index contributed by atoms with van der Waals surface area (Å²) in [4.78, 5) is 3.80. The first-order chi connectivity index (χ1) is 6.65. The van der Waals surface area contributed by atoms with E-state index in [1.165, 1.54) is 0 Å². The minimum Gasteiger partial charge on any atom is -0.381 e. The minimum absolute atomic E-state index is 0.294. The van der Waals surface area contributed by atoms with E-state index in [-0.39, 0.29) is 0 Å². The molecule has 0 atom stereocenters. The zero-order chi connectivity index (χ0) is 10.1. The molecule has 0 aromatic carbocycles. The van der Waals surface area contributed by atoms with Crippen LogP contribution < -0.4 is 5.73 Å². The average molecular weight is 230 g/mol. The van der Waals surface area contributed by atoms with Crippen LogP contribution in [0, 0.1) is 0 Å². The van der Waals surface area contributed by atoms with Gasteiger partial charge in [0.25, 0.3) is 0 Å². The van der Waals surface area contributed by atoms with Crippen LogP contribution in [-0.4, -0.2) is 10.1 Å². The number of rotatable bonds is 1. The van der Waals surface area contributed by atoms with Crippen LogP contribution >= 0.6 is 23.2 Å². The van der Waals surface area contributed by atoms with Gasteiger partial charge in [0.2, 0.25) is 0 Å². The number of nitrogen functional groups attached to an aromatic ring is 1. The SMILES string of the molecule is Nc1cc(-c2cc(Cl)nc(Cl)c2)on1. The van der Waals surface area contributed by atoms with E-state index >= 15 is 0 Å². The Bertz CT molecular complexity index is 449. The Labute approximate surface area is 89.6 Å². The van der Waals surface area contributed by atoms with Crippen LogP contribution in [0.4, 0.5) is 5.82 Å². The lowest BCUT2D eigenvalue weighted by Gasteiger charge is -1.96. The molecule has 0 amide bonds. The van der Waals surface area contributed by atoms with Crippen molar-refractivity contribution < 1.29 is 4.52 Å². The van der Waals surface area contributed by atoms with Crippen molar-refractivity contribution in [3.05, 3.63) is 28.5 Å². The summed E-state index contributed by atoms with van der Waals surface area (Å²) in [5, 5.41) is 4.14. The van der Waals surface area contributed by atoms with E-state index in [0.29, 0.717) is 27.4 Å². The fraction of sp³-hybridized carbons (Fsp3) is 0. The van der Waals surface area contributed by atoms with Crippen LogP contribution in [0.5, 0.6) is 0 Å². The van der Waals surface area contributed by atoms with Gasteiger partial charge < -0.3 is 10.3 Å². The Morgan fingerprint density at radius 1 is 1.14 bits per heavy atom. The van der Waals surface area contributed by atoms with Crippen LogP contribution in [0.2, 0.25) is 10.3 Å². The molecule has 0 aliphatic carbocycles. The van der Waals surface area contributed by atoms with Crippen molar-refractivity contribution in [1.29, 1.82) is 0 Å². The molecular weight excluding hydrogens is 225 g/mol. The number of hydrogen-bond donors (Lipinski definition) is 1. The van der Waals surface area contributed by atoms with E-state index < -0.39 is 0 Å². The molecule has 0 aliphatic heterocycles. The topological polar surface area (TPSA) is 64.9 Å². The molecule has 14 heavy (non-hydrogen) atoms. The summed E-state index contributed by atoms with van der Waals surface area (Å²) >= 11 is 11.4. The van der Waals surface area contributed by atoms with Crippen LogP contribution in [0.15, 0.2) is 22.7 Å². The molecule has 2 aromatic heterocycles. The molecule has 72 valence electrons. The van der Waals surface area contributed by atoms with Crippen LogP contribution in [0.3, 0.4) is 0 Å². The van der Waals surface area contributed by atoms with E-state index in [1.807, 2.05) is 0 Å². The molecule has 2 rings (SSSR count). The summed E-state index contributed by atoms with van der Waals surface area (Å²) < 4.78 is 4.94. The summed E-state index contributed by atoms with van der Waals surface area (Å²) in [6.45, 7) is 0. The van der Waals surface area contributed by atoms with E-state index in [0.717, 1.165) is 0 Å². The van der Waals surface area contributed by atoms with Gasteiger partial charge >= 0.3 is 0 Å². The molecule has 2 aromatic rings. The first-order valence-corrected chi connectivity index (χ1v) is 4.46. The van der Waals surface area contributed by atoms with Crippen LogP contribution in [-0.2, 0) is 0 Å². The quantitative estimate of drug-likeness (QED) is 0.764. The van der Waals surface area contributed by atoms with Crippen molar-refractivity contribution in [2.75, 3.05) is 5.73 Å². The maximum atomic E-state index is 5.72. The predicted octanol–water partition coefficient (Wildman–Crippen LogP) is 2.63. The summed E-state index contributed by atoms with van der Waals surface area (Å²) in [5.74, 6) is 0.817. The lowest BCUT2D eigenvalue weighted by molar-refractivity contribution is 0.436. The van der Waals surface area contributed by atoms with Gasteiger partial charge in [0.1, 0.15) is 10.3 Å². The number of nitrogens with zero attached hydrogens (tertiary/aromatic N) is 2. The lowest BCUT2D eigenvalue weighted by atomic mass is 10.2. The summed E-state index contributed by atoms with van der Waals surface area (Å²) in [6, 6.07) is 4.82. The molecule has 0 spiro atoms. The van der Waals surface area contributed by atoms with Gasteiger partial charge in [0, 0.05) is 11.6 Å². The standard InChI is InChI=1S/C8H5Cl2N3O/c9-6-1-4(2-7(10)12-6)5-3-8(11)13-14-5/h1-3H,(H2,11,13). The molecule has 6 heteroatoms. The summed E-state index contributed by atoms with van der Waals surface area (Å²) in [7, 11) is 0. The summed E-state index contributed by atoms with van der Waals surface area (Å²) in [6.07, 6.45) is 0. The predicted molar refractivity (Wildman–Crippen MR) is 54.2 cm³/mol. The molecule has 4 nitrogen and oxygen atoms in total. The Kier molecular flexibility index (Phi) is 2.31. The highest BCUT2D eigenvalue weighted by Crippen LogP contribution is 2.25. The van der Waals surface area contributed by atoms with E-state index in [2.05, 4.69) is 10.1 Å². The van der Waals surface area contributed by atoms with Crippen LogP contribution in [0.25, 0.3) is 11.3 Å². The second kappa shape index (κ2) is 3.48. The Balaban J connectivity index is 2.51. The highest BCUT2D eigenvalue weighted by atomic mass is 35.5. The third-order valence-corrected chi connectivity index (χ3v) is 1.96. The van der Waals surface area contributed by atoms with E-state index in [4.69, 9.17) is 33.5 Å². The van der Waals surface area contributed by atoms with Gasteiger partial charge in [-0.05, 0) is 12.1 Å². The fourth-order valence-corrected chi connectivity index (χ4v) is 1.49. The zero-order valence-corrected chi connectivity index (χ0v) is 8.38. The summed E-state index contributed by atoms with van der Waals surface area (Å²) in [5.41, 5.74) is 6.10. The average Bonchev–Trinajstić information content (AvgIpc) is 2.50. The number of halogens is 2. The lowest BCUT2D eigenvalue weighted by Crippen LogP contribution is -1.81. The number of aromatic nitrogens is 2. The van der Waals surface area contributed by atoms with Crippen molar-refractivity contribution in [2.24, 2.45) is 0 Å². The largest absolute Gasteiger partial charge is 0.381 e. The third kappa shape index (κ3) is 1.81. The molecule has 0 unspecified atom stereocenters. The maximum absolute atomic E-state index is 5.72. The molecule has 2 N–H and O–H groups in total. The molecule has 0 fully saturated rings. The van der Waals surface area contributed by atoms with Crippen molar-refractivity contribution in [3.8, 4) is 11.3 Å². The highest BCUT2D eigenvalue weighted by molar-refractivity contribution is 6.32. The first-order valence-electron chi connectivity index (χ1n) is 3.71. The number of pyridine rings is 1. The molecule has 2 heterocycles. The number of hydrogen-bond acceptors (Lipinski definition) is 4. The molecule has 0 aliphatic rings. The van der Waals surface area contributed by atoms with E-state index in [1.54, 1.807) is 18.2 Å². The Hall–Kier alpha value is -1.26. The van der Waals surface area contributed by atoms with Crippen LogP contribution in [0.1, 0.15) is 0 Å². The zero-order valence-electron chi connectivity index (χ0n) is 6.87. The fourth-order valence-electron chi connectivity index (χ4n) is 1.03. The molecular formula is C8H5Cl2N3O. The Morgan fingerprint density at radius 3 is 2.29 bits per heavy atom. The Morgan fingerprint density at radius 2 is 1.79 bits per heavy atom. The van der Waals surface area contributed by atoms with Gasteiger partial charge in [-0.25, -0.2) is 4.98 Å². The van der Waals surface area contributed by atoms with E-state index in [9.17, 15) is 0 Å². The molecule has 0 radical (unpaired) electrons.